The van der Waals surface area contributed by atoms with E-state index in [1.165, 1.54) is 25.7 Å². The molecule has 0 spiro atoms. The van der Waals surface area contributed by atoms with Crippen molar-refractivity contribution in [3.8, 4) is 5.75 Å². The molecule has 2 aliphatic heterocycles. The summed E-state index contributed by atoms with van der Waals surface area (Å²) in [5.41, 5.74) is 0.409. The van der Waals surface area contributed by atoms with Gasteiger partial charge in [0.1, 0.15) is 5.75 Å². The van der Waals surface area contributed by atoms with Gasteiger partial charge in [0.2, 0.25) is 0 Å². The van der Waals surface area contributed by atoms with Gasteiger partial charge in [0.25, 0.3) is 5.91 Å². The Morgan fingerprint density at radius 1 is 1.12 bits per heavy atom. The zero-order valence-electron chi connectivity index (χ0n) is 15.2. The molecule has 2 saturated heterocycles. The first-order valence-electron chi connectivity index (χ1n) is 9.65. The number of imide groups is 1. The van der Waals surface area contributed by atoms with E-state index >= 15 is 0 Å². The third-order valence-electron chi connectivity index (χ3n) is 5.96. The predicted molar refractivity (Wildman–Crippen MR) is 98.3 cm³/mol. The van der Waals surface area contributed by atoms with Gasteiger partial charge in [-0.05, 0) is 63.6 Å². The van der Waals surface area contributed by atoms with Gasteiger partial charge in [-0.25, -0.2) is 4.79 Å². The van der Waals surface area contributed by atoms with E-state index in [4.69, 9.17) is 4.74 Å². The normalized spacial score (nSPS) is 27.8. The zero-order chi connectivity index (χ0) is 18.1. The van der Waals surface area contributed by atoms with Gasteiger partial charge in [0.15, 0.2) is 0 Å². The molecule has 3 fully saturated rings. The van der Waals surface area contributed by atoms with Gasteiger partial charge in [-0.1, -0.05) is 12.1 Å². The molecule has 6 nitrogen and oxygen atoms in total. The molecule has 1 unspecified atom stereocenters. The van der Waals surface area contributed by atoms with Crippen LogP contribution in [0, 0.1) is 5.92 Å². The van der Waals surface area contributed by atoms with Gasteiger partial charge >= 0.3 is 6.03 Å². The van der Waals surface area contributed by atoms with Crippen molar-refractivity contribution in [1.29, 1.82) is 0 Å². The Morgan fingerprint density at radius 3 is 2.50 bits per heavy atom. The SMILES string of the molecule is CN1[C@@H]2CC[C@H]1CC(NC(=O)NC(=O)c1ccccc1OCC1CC1)C2. The highest BCUT2D eigenvalue weighted by molar-refractivity contribution is 6.05. The highest BCUT2D eigenvalue weighted by atomic mass is 16.5. The number of carbonyl (C=O) groups excluding carboxylic acids is 2. The zero-order valence-corrected chi connectivity index (χ0v) is 15.2. The van der Waals surface area contributed by atoms with Crippen LogP contribution in [0.15, 0.2) is 24.3 Å². The van der Waals surface area contributed by atoms with Gasteiger partial charge in [-0.2, -0.15) is 0 Å². The van der Waals surface area contributed by atoms with Crippen LogP contribution >= 0.6 is 0 Å². The maximum atomic E-state index is 12.5. The van der Waals surface area contributed by atoms with E-state index in [9.17, 15) is 9.59 Å². The molecular weight excluding hydrogens is 330 g/mol. The monoisotopic (exact) mass is 357 g/mol. The number of rotatable bonds is 5. The van der Waals surface area contributed by atoms with Crippen molar-refractivity contribution in [3.63, 3.8) is 0 Å². The van der Waals surface area contributed by atoms with Gasteiger partial charge in [-0.15, -0.1) is 0 Å². The molecule has 1 aromatic rings. The molecule has 3 aliphatic rings. The standard InChI is InChI=1S/C20H27N3O3/c1-23-15-8-9-16(23)11-14(10-15)21-20(25)22-19(24)17-4-2-3-5-18(17)26-12-13-6-7-13/h2-5,13-16H,6-12H2,1H3,(H2,21,22,24,25)/t14?,15-,16+. The fraction of sp³-hybridized carbons (Fsp3) is 0.600. The number of carbonyl (C=O) groups is 2. The van der Waals surface area contributed by atoms with E-state index in [0.717, 1.165) is 12.8 Å². The summed E-state index contributed by atoms with van der Waals surface area (Å²) in [4.78, 5) is 27.2. The van der Waals surface area contributed by atoms with Crippen LogP contribution in [0.1, 0.15) is 48.9 Å². The van der Waals surface area contributed by atoms with Crippen LogP contribution in [0.4, 0.5) is 4.79 Å². The van der Waals surface area contributed by atoms with E-state index in [1.807, 2.05) is 6.07 Å². The van der Waals surface area contributed by atoms with Gasteiger partial charge in [-0.3, -0.25) is 10.1 Å². The van der Waals surface area contributed by atoms with Crippen LogP contribution in [0.3, 0.4) is 0 Å². The number of amides is 3. The van der Waals surface area contributed by atoms with E-state index < -0.39 is 11.9 Å². The van der Waals surface area contributed by atoms with E-state index in [2.05, 4.69) is 22.6 Å². The molecule has 1 aliphatic carbocycles. The summed E-state index contributed by atoms with van der Waals surface area (Å²) in [5.74, 6) is 0.737. The summed E-state index contributed by atoms with van der Waals surface area (Å²) in [5, 5.41) is 5.45. The molecule has 3 amide bonds. The number of benzene rings is 1. The molecule has 1 aromatic carbocycles. The van der Waals surface area contributed by atoms with Gasteiger partial charge in [0.05, 0.1) is 12.2 Å². The first kappa shape index (κ1) is 17.3. The number of hydrogen-bond donors (Lipinski definition) is 2. The van der Waals surface area contributed by atoms with E-state index in [0.29, 0.717) is 35.9 Å². The van der Waals surface area contributed by atoms with Crippen LogP contribution in [0.2, 0.25) is 0 Å². The maximum absolute atomic E-state index is 12.5. The average Bonchev–Trinajstić information content (AvgIpc) is 3.42. The second kappa shape index (κ2) is 7.27. The second-order valence-electron chi connectivity index (χ2n) is 7.90. The number of fused-ring (bicyclic) bond motifs is 2. The van der Waals surface area contributed by atoms with Crippen LogP contribution in [-0.2, 0) is 0 Å². The number of urea groups is 1. The summed E-state index contributed by atoms with van der Waals surface area (Å²) in [7, 11) is 2.17. The van der Waals surface area contributed by atoms with Crippen molar-refractivity contribution < 1.29 is 14.3 Å². The first-order valence-corrected chi connectivity index (χ1v) is 9.65. The second-order valence-corrected chi connectivity index (χ2v) is 7.90. The molecule has 4 rings (SSSR count). The smallest absolute Gasteiger partial charge is 0.321 e. The number of piperidine rings is 1. The van der Waals surface area contributed by atoms with E-state index in [-0.39, 0.29) is 6.04 Å². The molecule has 140 valence electrons. The molecular formula is C20H27N3O3. The molecule has 0 aromatic heterocycles. The minimum absolute atomic E-state index is 0.137. The number of para-hydroxylation sites is 1. The lowest BCUT2D eigenvalue weighted by atomic mass is 9.98. The van der Waals surface area contributed by atoms with Crippen LogP contribution < -0.4 is 15.4 Å². The molecule has 1 saturated carbocycles. The van der Waals surface area contributed by atoms with Crippen molar-refractivity contribution in [2.75, 3.05) is 13.7 Å². The highest BCUT2D eigenvalue weighted by Crippen LogP contribution is 2.34. The van der Waals surface area contributed by atoms with Crippen molar-refractivity contribution in [2.24, 2.45) is 5.92 Å². The van der Waals surface area contributed by atoms with Crippen LogP contribution in [0.5, 0.6) is 5.75 Å². The maximum Gasteiger partial charge on any atom is 0.321 e. The fourth-order valence-electron chi connectivity index (χ4n) is 4.19. The molecule has 2 heterocycles. The highest BCUT2D eigenvalue weighted by Gasteiger charge is 2.38. The summed E-state index contributed by atoms with van der Waals surface area (Å²) in [6.07, 6.45) is 6.69. The Labute approximate surface area is 154 Å². The summed E-state index contributed by atoms with van der Waals surface area (Å²) < 4.78 is 5.76. The lowest BCUT2D eigenvalue weighted by Crippen LogP contribution is -2.51. The van der Waals surface area contributed by atoms with Crippen LogP contribution in [-0.4, -0.2) is 48.6 Å². The Kier molecular flexibility index (Phi) is 4.85. The largest absolute Gasteiger partial charge is 0.492 e. The molecule has 26 heavy (non-hydrogen) atoms. The van der Waals surface area contributed by atoms with Crippen molar-refractivity contribution >= 4 is 11.9 Å². The minimum atomic E-state index is -0.416. The van der Waals surface area contributed by atoms with E-state index in [1.54, 1.807) is 18.2 Å². The Balaban J connectivity index is 1.32. The summed E-state index contributed by atoms with van der Waals surface area (Å²) in [6, 6.07) is 7.92. The predicted octanol–water partition coefficient (Wildman–Crippen LogP) is 2.54. The minimum Gasteiger partial charge on any atom is -0.492 e. The van der Waals surface area contributed by atoms with Crippen molar-refractivity contribution in [1.82, 2.24) is 15.5 Å². The lowest BCUT2D eigenvalue weighted by molar-refractivity contribution is 0.0956. The van der Waals surface area contributed by atoms with Gasteiger partial charge < -0.3 is 15.0 Å². The molecule has 2 bridgehead atoms. The Bertz CT molecular complexity index is 675. The Morgan fingerprint density at radius 2 is 1.81 bits per heavy atom. The summed E-state index contributed by atoms with van der Waals surface area (Å²) >= 11 is 0. The number of hydrogen-bond acceptors (Lipinski definition) is 4. The van der Waals surface area contributed by atoms with Crippen LogP contribution in [0.25, 0.3) is 0 Å². The number of nitrogens with zero attached hydrogens (tertiary/aromatic N) is 1. The third kappa shape index (κ3) is 3.85. The number of ether oxygens (including phenoxy) is 1. The van der Waals surface area contributed by atoms with Gasteiger partial charge in [0, 0.05) is 18.1 Å². The molecule has 3 atom stereocenters. The molecule has 2 N–H and O–H groups in total. The topological polar surface area (TPSA) is 70.7 Å². The fourth-order valence-corrected chi connectivity index (χ4v) is 4.19. The Hall–Kier alpha value is -2.08. The summed E-state index contributed by atoms with van der Waals surface area (Å²) in [6.45, 7) is 0.634. The van der Waals surface area contributed by atoms with Crippen molar-refractivity contribution in [2.45, 2.75) is 56.7 Å². The quantitative estimate of drug-likeness (QED) is 0.850. The number of nitrogens with one attached hydrogen (secondary N) is 2. The first-order chi connectivity index (χ1) is 12.6. The lowest BCUT2D eigenvalue weighted by Gasteiger charge is -2.36. The molecule has 0 radical (unpaired) electrons. The van der Waals surface area contributed by atoms with Crippen molar-refractivity contribution in [3.05, 3.63) is 29.8 Å². The third-order valence-corrected chi connectivity index (χ3v) is 5.96. The average molecular weight is 357 g/mol. The molecule has 6 heteroatoms.